The van der Waals surface area contributed by atoms with Gasteiger partial charge in [-0.25, -0.2) is 4.98 Å². The molecule has 21 heavy (non-hydrogen) atoms. The molecule has 0 fully saturated rings. The number of aryl methyl sites for hydroxylation is 3. The molecule has 2 heterocycles. The maximum atomic E-state index is 4.66. The molecule has 0 saturated heterocycles. The fourth-order valence-corrected chi connectivity index (χ4v) is 2.97. The van der Waals surface area contributed by atoms with E-state index in [2.05, 4.69) is 66.5 Å². The van der Waals surface area contributed by atoms with Gasteiger partial charge in [0.05, 0.1) is 11.0 Å². The van der Waals surface area contributed by atoms with Crippen LogP contribution in [0.1, 0.15) is 37.0 Å². The minimum atomic E-state index is 0.408. The maximum absolute atomic E-state index is 4.66. The Bertz CT molecular complexity index is 813. The van der Waals surface area contributed by atoms with Gasteiger partial charge in [0.15, 0.2) is 0 Å². The highest BCUT2D eigenvalue weighted by atomic mass is 15.1. The Morgan fingerprint density at radius 3 is 2.52 bits per heavy atom. The second-order valence-corrected chi connectivity index (χ2v) is 5.97. The predicted molar refractivity (Wildman–Crippen MR) is 87.6 cm³/mol. The monoisotopic (exact) mass is 279 g/mol. The molecule has 108 valence electrons. The molecule has 0 spiro atoms. The number of nitrogens with zero attached hydrogens (tertiary/aromatic N) is 3. The van der Waals surface area contributed by atoms with Crippen LogP contribution in [0.4, 0.5) is 0 Å². The zero-order chi connectivity index (χ0) is 15.1. The van der Waals surface area contributed by atoms with E-state index in [0.29, 0.717) is 6.04 Å². The lowest BCUT2D eigenvalue weighted by molar-refractivity contribution is 0.600. The van der Waals surface area contributed by atoms with Crippen molar-refractivity contribution in [2.75, 3.05) is 0 Å². The predicted octanol–water partition coefficient (Wildman–Crippen LogP) is 4.60. The highest BCUT2D eigenvalue weighted by Gasteiger charge is 2.12. The van der Waals surface area contributed by atoms with E-state index in [4.69, 9.17) is 0 Å². The van der Waals surface area contributed by atoms with Crippen LogP contribution < -0.4 is 0 Å². The van der Waals surface area contributed by atoms with Gasteiger partial charge < -0.3 is 4.57 Å². The van der Waals surface area contributed by atoms with Gasteiger partial charge in [0.2, 0.25) is 0 Å². The maximum Gasteiger partial charge on any atom is 0.106 e. The van der Waals surface area contributed by atoms with Gasteiger partial charge in [0.25, 0.3) is 0 Å². The minimum absolute atomic E-state index is 0.408. The van der Waals surface area contributed by atoms with E-state index in [1.54, 1.807) is 0 Å². The number of imidazole rings is 1. The Kier molecular flexibility index (Phi) is 3.28. The first kappa shape index (κ1) is 13.8. The fraction of sp³-hybridized carbons (Fsp3) is 0.333. The average Bonchev–Trinajstić information content (AvgIpc) is 2.76. The van der Waals surface area contributed by atoms with Gasteiger partial charge in [0.1, 0.15) is 5.82 Å². The molecule has 0 bridgehead atoms. The normalized spacial score (nSPS) is 11.5. The van der Waals surface area contributed by atoms with Crippen LogP contribution in [0.3, 0.4) is 0 Å². The molecule has 3 heteroatoms. The largest absolute Gasteiger partial charge is 0.326 e. The van der Waals surface area contributed by atoms with Gasteiger partial charge in [-0.1, -0.05) is 6.07 Å². The lowest BCUT2D eigenvalue weighted by Gasteiger charge is -2.12. The van der Waals surface area contributed by atoms with E-state index < -0.39 is 0 Å². The number of rotatable bonds is 2. The summed E-state index contributed by atoms with van der Waals surface area (Å²) in [5.74, 6) is 1.07. The lowest BCUT2D eigenvalue weighted by atomic mass is 10.0. The van der Waals surface area contributed by atoms with E-state index in [-0.39, 0.29) is 0 Å². The third kappa shape index (κ3) is 2.33. The smallest absolute Gasteiger partial charge is 0.106 e. The average molecular weight is 279 g/mol. The zero-order valence-electron chi connectivity index (χ0n) is 13.3. The standard InChI is InChI=1S/C18H21N3/c1-11(2)21-14(5)20-17-7-6-15(9-18(17)21)16-8-13(4)19-10-12(16)3/h6-11H,1-5H3. The van der Waals surface area contributed by atoms with Crippen LogP contribution in [-0.2, 0) is 0 Å². The molecule has 0 aliphatic heterocycles. The van der Waals surface area contributed by atoms with Crippen LogP contribution in [0.15, 0.2) is 30.5 Å². The summed E-state index contributed by atoms with van der Waals surface area (Å²) in [5.41, 5.74) is 6.99. The molecule has 0 N–H and O–H groups in total. The summed E-state index contributed by atoms with van der Waals surface area (Å²) < 4.78 is 2.29. The van der Waals surface area contributed by atoms with Gasteiger partial charge in [-0.2, -0.15) is 0 Å². The van der Waals surface area contributed by atoms with Gasteiger partial charge in [0, 0.05) is 17.9 Å². The van der Waals surface area contributed by atoms with Crippen molar-refractivity contribution < 1.29 is 0 Å². The number of hydrogen-bond donors (Lipinski definition) is 0. The van der Waals surface area contributed by atoms with E-state index in [0.717, 1.165) is 17.0 Å². The Morgan fingerprint density at radius 2 is 1.81 bits per heavy atom. The Morgan fingerprint density at radius 1 is 1.05 bits per heavy atom. The summed E-state index contributed by atoms with van der Waals surface area (Å²) >= 11 is 0. The van der Waals surface area contributed by atoms with Crippen LogP contribution in [0.5, 0.6) is 0 Å². The topological polar surface area (TPSA) is 30.7 Å². The van der Waals surface area contributed by atoms with Crippen molar-refractivity contribution in [3.8, 4) is 11.1 Å². The van der Waals surface area contributed by atoms with Crippen LogP contribution in [0.25, 0.3) is 22.2 Å². The zero-order valence-corrected chi connectivity index (χ0v) is 13.3. The summed E-state index contributed by atoms with van der Waals surface area (Å²) in [5, 5.41) is 0. The first-order valence-corrected chi connectivity index (χ1v) is 7.39. The molecule has 0 aliphatic carbocycles. The first-order valence-electron chi connectivity index (χ1n) is 7.39. The summed E-state index contributed by atoms with van der Waals surface area (Å²) in [4.78, 5) is 9.02. The number of benzene rings is 1. The van der Waals surface area contributed by atoms with Crippen molar-refractivity contribution in [2.45, 2.75) is 40.7 Å². The van der Waals surface area contributed by atoms with Crippen molar-refractivity contribution >= 4 is 11.0 Å². The molecule has 0 atom stereocenters. The number of hydrogen-bond acceptors (Lipinski definition) is 2. The second-order valence-electron chi connectivity index (χ2n) is 5.97. The highest BCUT2D eigenvalue weighted by Crippen LogP contribution is 2.29. The van der Waals surface area contributed by atoms with Crippen LogP contribution in [-0.4, -0.2) is 14.5 Å². The first-order chi connectivity index (χ1) is 9.97. The minimum Gasteiger partial charge on any atom is -0.326 e. The molecule has 0 saturated carbocycles. The molecule has 0 amide bonds. The van der Waals surface area contributed by atoms with Gasteiger partial charge in [-0.15, -0.1) is 0 Å². The molecule has 0 radical (unpaired) electrons. The molecule has 3 aromatic rings. The van der Waals surface area contributed by atoms with Gasteiger partial charge >= 0.3 is 0 Å². The van der Waals surface area contributed by atoms with Crippen LogP contribution in [0, 0.1) is 20.8 Å². The van der Waals surface area contributed by atoms with Gasteiger partial charge in [-0.3, -0.25) is 4.98 Å². The van der Waals surface area contributed by atoms with Crippen molar-refractivity contribution in [1.82, 2.24) is 14.5 Å². The fourth-order valence-electron chi connectivity index (χ4n) is 2.97. The van der Waals surface area contributed by atoms with E-state index in [1.807, 2.05) is 13.1 Å². The van der Waals surface area contributed by atoms with Crippen molar-refractivity contribution in [3.63, 3.8) is 0 Å². The summed E-state index contributed by atoms with van der Waals surface area (Å²) in [7, 11) is 0. The van der Waals surface area contributed by atoms with Crippen LogP contribution in [0.2, 0.25) is 0 Å². The highest BCUT2D eigenvalue weighted by molar-refractivity contribution is 5.83. The Labute approximate surface area is 125 Å². The van der Waals surface area contributed by atoms with E-state index in [1.165, 1.54) is 22.2 Å². The quantitative estimate of drug-likeness (QED) is 0.686. The Balaban J connectivity index is 2.25. The van der Waals surface area contributed by atoms with Crippen LogP contribution >= 0.6 is 0 Å². The molecular weight excluding hydrogens is 258 g/mol. The van der Waals surface area contributed by atoms with E-state index >= 15 is 0 Å². The summed E-state index contributed by atoms with van der Waals surface area (Å²) in [6.45, 7) is 10.6. The summed E-state index contributed by atoms with van der Waals surface area (Å²) in [6.07, 6.45) is 1.94. The third-order valence-corrected chi connectivity index (χ3v) is 3.93. The van der Waals surface area contributed by atoms with Crippen molar-refractivity contribution in [3.05, 3.63) is 47.5 Å². The lowest BCUT2D eigenvalue weighted by Crippen LogP contribution is -2.02. The molecule has 0 aliphatic rings. The number of aromatic nitrogens is 3. The Hall–Kier alpha value is -2.16. The number of pyridine rings is 1. The van der Waals surface area contributed by atoms with Crippen molar-refractivity contribution in [2.24, 2.45) is 0 Å². The van der Waals surface area contributed by atoms with Gasteiger partial charge in [-0.05, 0) is 69.5 Å². The third-order valence-electron chi connectivity index (χ3n) is 3.93. The van der Waals surface area contributed by atoms with Crippen molar-refractivity contribution in [1.29, 1.82) is 0 Å². The second kappa shape index (κ2) is 4.99. The van der Waals surface area contributed by atoms with E-state index in [9.17, 15) is 0 Å². The molecule has 0 unspecified atom stereocenters. The molecule has 3 nitrogen and oxygen atoms in total. The molecule has 1 aromatic carbocycles. The molecular formula is C18H21N3. The molecule has 3 rings (SSSR count). The SMILES string of the molecule is Cc1cc(-c2ccc3nc(C)n(C(C)C)c3c2)c(C)cn1. The number of fused-ring (bicyclic) bond motifs is 1. The molecule has 2 aromatic heterocycles. The summed E-state index contributed by atoms with van der Waals surface area (Å²) in [6, 6.07) is 9.08.